The minimum absolute atomic E-state index is 0.483. The maximum Gasteiger partial charge on any atom is 0.161 e. The van der Waals surface area contributed by atoms with Gasteiger partial charge in [-0.1, -0.05) is 164 Å². The molecule has 8 aromatic carbocycles. The van der Waals surface area contributed by atoms with Crippen molar-refractivity contribution >= 4 is 51.1 Å². The lowest BCUT2D eigenvalue weighted by atomic mass is 9.94. The molecule has 0 bridgehead atoms. The molecule has 0 spiro atoms. The van der Waals surface area contributed by atoms with Gasteiger partial charge in [0.2, 0.25) is 0 Å². The van der Waals surface area contributed by atoms with Crippen LogP contribution in [0.4, 0.5) is 0 Å². The molecule has 0 saturated heterocycles. The number of hydrogen-bond acceptors (Lipinski definition) is 2. The summed E-state index contributed by atoms with van der Waals surface area (Å²) < 4.78 is 6.60. The summed E-state index contributed by atoms with van der Waals surface area (Å²) in [6.07, 6.45) is 0. The van der Waals surface area contributed by atoms with Gasteiger partial charge in [0, 0.05) is 27.3 Å². The summed E-state index contributed by atoms with van der Waals surface area (Å²) in [7, 11) is 0. The van der Waals surface area contributed by atoms with Gasteiger partial charge in [0.1, 0.15) is 11.2 Å². The molecule has 256 valence electrons. The number of rotatable bonds is 7. The van der Waals surface area contributed by atoms with Crippen LogP contribution in [-0.4, -0.2) is 18.4 Å². The molecule has 1 heterocycles. The van der Waals surface area contributed by atoms with Crippen molar-refractivity contribution < 1.29 is 4.42 Å². The van der Waals surface area contributed by atoms with Crippen molar-refractivity contribution in [1.29, 1.82) is 0 Å². The molecule has 9 aromatic rings. The third kappa shape index (κ3) is 6.42. The molecule has 0 saturated carbocycles. The van der Waals surface area contributed by atoms with Crippen LogP contribution in [0.25, 0.3) is 66.1 Å². The van der Waals surface area contributed by atoms with Gasteiger partial charge in [-0.2, -0.15) is 0 Å². The van der Waals surface area contributed by atoms with E-state index in [4.69, 9.17) is 14.4 Å². The van der Waals surface area contributed by atoms with Crippen molar-refractivity contribution in [2.75, 3.05) is 0 Å². The number of furan rings is 1. The zero-order valence-electron chi connectivity index (χ0n) is 29.6. The first-order valence-corrected chi connectivity index (χ1v) is 18.1. The molecule has 0 aliphatic carbocycles. The van der Waals surface area contributed by atoms with Crippen molar-refractivity contribution in [3.8, 4) is 33.4 Å². The molecule has 0 unspecified atom stereocenters. The zero-order valence-corrected chi connectivity index (χ0v) is 29.6. The first-order chi connectivity index (χ1) is 26.7. The van der Waals surface area contributed by atoms with E-state index < -0.39 is 0 Å². The van der Waals surface area contributed by atoms with Crippen LogP contribution in [0.3, 0.4) is 0 Å². The fourth-order valence-electron chi connectivity index (χ4n) is 7.15. The van der Waals surface area contributed by atoms with Gasteiger partial charge in [-0.15, -0.1) is 0 Å². The topological polar surface area (TPSA) is 50.2 Å². The third-order valence-corrected chi connectivity index (χ3v) is 9.88. The second-order valence-electron chi connectivity index (χ2n) is 13.3. The van der Waals surface area contributed by atoms with Crippen LogP contribution in [0, 0.1) is 0 Å². The molecule has 4 nitrogen and oxygen atoms in total. The maximum atomic E-state index is 6.60. The van der Waals surface area contributed by atoms with Crippen LogP contribution >= 0.6 is 0 Å². The zero-order chi connectivity index (χ0) is 36.3. The number of fused-ring (bicyclic) bond motifs is 5. The minimum Gasteiger partial charge on any atom is -0.455 e. The molecular formula is C50H35N3O. The molecular weight excluding hydrogens is 659 g/mol. The van der Waals surface area contributed by atoms with Gasteiger partial charge < -0.3 is 4.42 Å². The van der Waals surface area contributed by atoms with Crippen LogP contribution in [0.15, 0.2) is 207 Å². The summed E-state index contributed by atoms with van der Waals surface area (Å²) in [5.74, 6) is 1.11. The Morgan fingerprint density at radius 1 is 0.444 bits per heavy atom. The first kappa shape index (κ1) is 32.7. The van der Waals surface area contributed by atoms with Gasteiger partial charge in [0.15, 0.2) is 11.7 Å². The lowest BCUT2D eigenvalue weighted by Crippen LogP contribution is -2.06. The van der Waals surface area contributed by atoms with E-state index in [2.05, 4.69) is 145 Å². The molecule has 0 amide bonds. The highest BCUT2D eigenvalue weighted by Gasteiger charge is 2.16. The fraction of sp³-hybridized carbons (Fsp3) is 0.0200. The Bertz CT molecular complexity index is 2840. The standard InChI is InChI=1S/C50H35N3O/c1-51-49(41-21-13-20-39(30-41)35-16-7-3-8-17-35)53-50(52-33-34-14-5-2-6-15-34)38-26-24-37(25-27-38)45-32-46-43-29-28-40(36-18-9-4-10-19-36)31-47(43)54-48(46)44-23-12-11-22-42(44)45/h2-32H,1,33H2/b52-50-,53-49-. The quantitative estimate of drug-likeness (QED) is 0.121. The van der Waals surface area contributed by atoms with Crippen LogP contribution < -0.4 is 0 Å². The van der Waals surface area contributed by atoms with Gasteiger partial charge in [0.05, 0.1) is 6.54 Å². The Balaban J connectivity index is 1.12. The summed E-state index contributed by atoms with van der Waals surface area (Å²) in [4.78, 5) is 14.5. The van der Waals surface area contributed by atoms with Crippen molar-refractivity contribution in [2.45, 2.75) is 6.54 Å². The van der Waals surface area contributed by atoms with E-state index in [1.54, 1.807) is 0 Å². The van der Waals surface area contributed by atoms with Crippen LogP contribution in [0.1, 0.15) is 16.7 Å². The number of hydrogen-bond donors (Lipinski definition) is 0. The summed E-state index contributed by atoms with van der Waals surface area (Å²) in [5, 5.41) is 4.41. The molecule has 0 radical (unpaired) electrons. The van der Waals surface area contributed by atoms with Gasteiger partial charge in [-0.3, -0.25) is 4.99 Å². The van der Waals surface area contributed by atoms with Crippen LogP contribution in [0.5, 0.6) is 0 Å². The predicted molar refractivity (Wildman–Crippen MR) is 227 cm³/mol. The molecule has 4 heteroatoms. The predicted octanol–water partition coefficient (Wildman–Crippen LogP) is 12.8. The fourth-order valence-corrected chi connectivity index (χ4v) is 7.15. The summed E-state index contributed by atoms with van der Waals surface area (Å²) in [6, 6.07) is 65.0. The Labute approximate surface area is 314 Å². The average molecular weight is 694 g/mol. The number of aliphatic imine (C=N–C) groups is 3. The molecule has 0 aliphatic rings. The number of nitrogens with zero attached hydrogens (tertiary/aromatic N) is 3. The van der Waals surface area contributed by atoms with Crippen molar-refractivity contribution in [2.24, 2.45) is 15.0 Å². The third-order valence-electron chi connectivity index (χ3n) is 9.88. The highest BCUT2D eigenvalue weighted by Crippen LogP contribution is 2.40. The second kappa shape index (κ2) is 14.5. The average Bonchev–Trinajstić information content (AvgIpc) is 3.63. The minimum atomic E-state index is 0.483. The normalized spacial score (nSPS) is 12.1. The van der Waals surface area contributed by atoms with E-state index in [0.29, 0.717) is 18.2 Å². The highest BCUT2D eigenvalue weighted by molar-refractivity contribution is 6.19. The van der Waals surface area contributed by atoms with Crippen LogP contribution in [-0.2, 0) is 6.54 Å². The van der Waals surface area contributed by atoms with E-state index >= 15 is 0 Å². The first-order valence-electron chi connectivity index (χ1n) is 18.1. The lowest BCUT2D eigenvalue weighted by Gasteiger charge is -2.10. The van der Waals surface area contributed by atoms with Gasteiger partial charge >= 0.3 is 0 Å². The Morgan fingerprint density at radius 3 is 1.76 bits per heavy atom. The van der Waals surface area contributed by atoms with E-state index in [1.165, 1.54) is 5.56 Å². The highest BCUT2D eigenvalue weighted by atomic mass is 16.3. The summed E-state index contributed by atoms with van der Waals surface area (Å²) in [5.41, 5.74) is 11.4. The van der Waals surface area contributed by atoms with E-state index in [1.807, 2.05) is 54.6 Å². The molecule has 54 heavy (non-hydrogen) atoms. The molecule has 9 rings (SSSR count). The van der Waals surface area contributed by atoms with Crippen molar-refractivity contribution in [3.05, 3.63) is 205 Å². The largest absolute Gasteiger partial charge is 0.455 e. The van der Waals surface area contributed by atoms with E-state index in [9.17, 15) is 0 Å². The van der Waals surface area contributed by atoms with Crippen LogP contribution in [0.2, 0.25) is 0 Å². The lowest BCUT2D eigenvalue weighted by molar-refractivity contribution is 0.673. The molecule has 0 fully saturated rings. The van der Waals surface area contributed by atoms with E-state index in [-0.39, 0.29) is 0 Å². The number of amidine groups is 2. The number of benzene rings is 8. The Morgan fingerprint density at radius 2 is 1.06 bits per heavy atom. The van der Waals surface area contributed by atoms with Gasteiger partial charge in [-0.05, 0) is 75.3 Å². The monoisotopic (exact) mass is 693 g/mol. The second-order valence-corrected chi connectivity index (χ2v) is 13.3. The molecule has 0 N–H and O–H groups in total. The van der Waals surface area contributed by atoms with E-state index in [0.717, 1.165) is 77.2 Å². The summed E-state index contributed by atoms with van der Waals surface area (Å²) >= 11 is 0. The Hall–Kier alpha value is -7.17. The van der Waals surface area contributed by atoms with Gasteiger partial charge in [0.25, 0.3) is 0 Å². The maximum absolute atomic E-state index is 6.60. The smallest absolute Gasteiger partial charge is 0.161 e. The molecule has 1 aromatic heterocycles. The summed E-state index contributed by atoms with van der Waals surface area (Å²) in [6.45, 7) is 4.39. The van der Waals surface area contributed by atoms with Gasteiger partial charge in [-0.25, -0.2) is 9.98 Å². The van der Waals surface area contributed by atoms with Crippen molar-refractivity contribution in [1.82, 2.24) is 0 Å². The van der Waals surface area contributed by atoms with Crippen molar-refractivity contribution in [3.63, 3.8) is 0 Å². The SMILES string of the molecule is C=N/C(=N\C(=N/Cc1ccccc1)c1ccc(-c2cc3c4ccc(-c5ccccc5)cc4oc3c3ccccc23)cc1)c1cccc(-c2ccccc2)c1. The molecule has 0 aliphatic heterocycles. The molecule has 0 atom stereocenters. The Kier molecular flexibility index (Phi) is 8.76.